The van der Waals surface area contributed by atoms with Gasteiger partial charge in [-0.15, -0.1) is 0 Å². The second kappa shape index (κ2) is 9.93. The molecular weight excluding hydrogens is 336 g/mol. The van der Waals surface area contributed by atoms with Crippen LogP contribution in [0.1, 0.15) is 91.0 Å². The van der Waals surface area contributed by atoms with E-state index >= 15 is 0 Å². The molecule has 0 N–H and O–H groups in total. The summed E-state index contributed by atoms with van der Waals surface area (Å²) in [5.74, 6) is 1.51. The van der Waals surface area contributed by atoms with Crippen LogP contribution in [0.15, 0.2) is 24.3 Å². The lowest BCUT2D eigenvalue weighted by atomic mass is 9.77. The maximum Gasteiger partial charge on any atom is 0.188 e. The number of methoxy groups -OCH3 is 1. The SMILES string of the molecule is CCC(C)(C)CC(C)(CC)OC1CCC(c2ccc(OCOC)cc2)CC1. The second-order valence-electron chi connectivity index (χ2n) is 9.21. The predicted octanol–water partition coefficient (Wildman–Crippen LogP) is 6.71. The number of hydrogen-bond acceptors (Lipinski definition) is 3. The third-order valence-corrected chi connectivity index (χ3v) is 6.38. The van der Waals surface area contributed by atoms with Crippen molar-refractivity contribution in [2.24, 2.45) is 5.41 Å². The molecule has 1 aliphatic rings. The first kappa shape index (κ1) is 22.2. The Morgan fingerprint density at radius 3 is 2.07 bits per heavy atom. The Bertz CT molecular complexity index is 543. The molecule has 1 unspecified atom stereocenters. The highest BCUT2D eigenvalue weighted by molar-refractivity contribution is 5.29. The zero-order chi connectivity index (χ0) is 19.9. The molecule has 1 fully saturated rings. The maximum absolute atomic E-state index is 6.68. The van der Waals surface area contributed by atoms with E-state index in [1.54, 1.807) is 7.11 Å². The Labute approximate surface area is 166 Å². The molecule has 0 amide bonds. The van der Waals surface area contributed by atoms with Gasteiger partial charge in [0.1, 0.15) is 5.75 Å². The summed E-state index contributed by atoms with van der Waals surface area (Å²) in [6.07, 6.45) is 8.56. The quantitative estimate of drug-likeness (QED) is 0.425. The molecule has 1 atom stereocenters. The summed E-state index contributed by atoms with van der Waals surface area (Å²) < 4.78 is 17.1. The Morgan fingerprint density at radius 2 is 1.56 bits per heavy atom. The Morgan fingerprint density at radius 1 is 0.926 bits per heavy atom. The van der Waals surface area contributed by atoms with Crippen molar-refractivity contribution in [2.75, 3.05) is 13.9 Å². The van der Waals surface area contributed by atoms with Crippen LogP contribution < -0.4 is 4.74 Å². The molecule has 0 heterocycles. The third kappa shape index (κ3) is 6.80. The van der Waals surface area contributed by atoms with Gasteiger partial charge in [-0.3, -0.25) is 0 Å². The van der Waals surface area contributed by atoms with Crippen LogP contribution in [-0.4, -0.2) is 25.6 Å². The average molecular weight is 377 g/mol. The standard InChI is InChI=1S/C24H40O3/c1-7-23(3,4)17-24(5,8-2)27-22-15-11-20(12-16-22)19-9-13-21(14-10-19)26-18-25-6/h9-10,13-14,20,22H,7-8,11-12,15-18H2,1-6H3. The summed E-state index contributed by atoms with van der Waals surface area (Å²) >= 11 is 0. The van der Waals surface area contributed by atoms with Crippen LogP contribution in [0.4, 0.5) is 0 Å². The molecule has 154 valence electrons. The van der Waals surface area contributed by atoms with Crippen molar-refractivity contribution in [1.82, 2.24) is 0 Å². The molecule has 3 nitrogen and oxygen atoms in total. The van der Waals surface area contributed by atoms with Crippen molar-refractivity contribution in [3.63, 3.8) is 0 Å². The van der Waals surface area contributed by atoms with Crippen LogP contribution in [-0.2, 0) is 9.47 Å². The van der Waals surface area contributed by atoms with E-state index < -0.39 is 0 Å². The van der Waals surface area contributed by atoms with Crippen LogP contribution in [0, 0.1) is 5.41 Å². The summed E-state index contributed by atoms with van der Waals surface area (Å²) in [5, 5.41) is 0. The molecule has 1 aromatic carbocycles. The smallest absolute Gasteiger partial charge is 0.188 e. The van der Waals surface area contributed by atoms with Gasteiger partial charge in [0.2, 0.25) is 0 Å². The molecule has 3 heteroatoms. The fourth-order valence-corrected chi connectivity index (χ4v) is 4.27. The lowest BCUT2D eigenvalue weighted by molar-refractivity contribution is -0.117. The number of benzene rings is 1. The first-order valence-electron chi connectivity index (χ1n) is 10.7. The fraction of sp³-hybridized carbons (Fsp3) is 0.750. The van der Waals surface area contributed by atoms with Crippen LogP contribution in [0.25, 0.3) is 0 Å². The maximum atomic E-state index is 6.68. The van der Waals surface area contributed by atoms with Gasteiger partial charge in [0, 0.05) is 7.11 Å². The van der Waals surface area contributed by atoms with Gasteiger partial charge in [0.15, 0.2) is 6.79 Å². The highest BCUT2D eigenvalue weighted by atomic mass is 16.7. The topological polar surface area (TPSA) is 27.7 Å². The van der Waals surface area contributed by atoms with Crippen LogP contribution in [0.5, 0.6) is 5.75 Å². The van der Waals surface area contributed by atoms with Crippen LogP contribution in [0.3, 0.4) is 0 Å². The van der Waals surface area contributed by atoms with Crippen molar-refractivity contribution in [1.29, 1.82) is 0 Å². The van der Waals surface area contributed by atoms with Gasteiger partial charge in [-0.2, -0.15) is 0 Å². The average Bonchev–Trinajstić information content (AvgIpc) is 2.67. The van der Waals surface area contributed by atoms with Gasteiger partial charge in [-0.25, -0.2) is 0 Å². The minimum absolute atomic E-state index is 0.00263. The zero-order valence-electron chi connectivity index (χ0n) is 18.3. The van der Waals surface area contributed by atoms with E-state index in [1.165, 1.54) is 24.8 Å². The van der Waals surface area contributed by atoms with E-state index in [1.807, 2.05) is 0 Å². The van der Waals surface area contributed by atoms with Crippen molar-refractivity contribution in [2.45, 2.75) is 97.2 Å². The molecular formula is C24H40O3. The van der Waals surface area contributed by atoms with E-state index in [-0.39, 0.29) is 5.60 Å². The van der Waals surface area contributed by atoms with Crippen molar-refractivity contribution >= 4 is 0 Å². The van der Waals surface area contributed by atoms with Gasteiger partial charge >= 0.3 is 0 Å². The molecule has 0 bridgehead atoms. The lowest BCUT2D eigenvalue weighted by Gasteiger charge is -2.41. The second-order valence-corrected chi connectivity index (χ2v) is 9.21. The van der Waals surface area contributed by atoms with E-state index in [9.17, 15) is 0 Å². The highest BCUT2D eigenvalue weighted by Gasteiger charge is 2.34. The van der Waals surface area contributed by atoms with Crippen molar-refractivity contribution in [3.05, 3.63) is 29.8 Å². The Balaban J connectivity index is 1.87. The van der Waals surface area contributed by atoms with E-state index in [2.05, 4.69) is 58.9 Å². The molecule has 0 spiro atoms. The molecule has 1 aliphatic carbocycles. The molecule has 2 rings (SSSR count). The summed E-state index contributed by atoms with van der Waals surface area (Å²) in [4.78, 5) is 0. The molecule has 0 aromatic heterocycles. The van der Waals surface area contributed by atoms with Gasteiger partial charge in [0.25, 0.3) is 0 Å². The summed E-state index contributed by atoms with van der Waals surface area (Å²) in [5.41, 5.74) is 1.76. The largest absolute Gasteiger partial charge is 0.468 e. The van der Waals surface area contributed by atoms with Crippen molar-refractivity contribution < 1.29 is 14.2 Å². The van der Waals surface area contributed by atoms with E-state index in [0.29, 0.717) is 24.2 Å². The summed E-state index contributed by atoms with van der Waals surface area (Å²) in [7, 11) is 1.64. The molecule has 27 heavy (non-hydrogen) atoms. The first-order valence-corrected chi connectivity index (χ1v) is 10.7. The summed E-state index contributed by atoms with van der Waals surface area (Å²) in [6.45, 7) is 11.9. The van der Waals surface area contributed by atoms with Gasteiger partial charge in [-0.05, 0) is 74.5 Å². The molecule has 1 aromatic rings. The Kier molecular flexibility index (Phi) is 8.18. The van der Waals surface area contributed by atoms with Gasteiger partial charge in [-0.1, -0.05) is 46.2 Å². The number of hydrogen-bond donors (Lipinski definition) is 0. The minimum atomic E-state index is -0.00263. The van der Waals surface area contributed by atoms with Gasteiger partial charge in [0.05, 0.1) is 11.7 Å². The predicted molar refractivity (Wildman–Crippen MR) is 112 cm³/mol. The first-order chi connectivity index (χ1) is 12.8. The van der Waals surface area contributed by atoms with Crippen molar-refractivity contribution in [3.8, 4) is 5.75 Å². The van der Waals surface area contributed by atoms with E-state index in [0.717, 1.165) is 31.4 Å². The minimum Gasteiger partial charge on any atom is -0.468 e. The Hall–Kier alpha value is -1.06. The van der Waals surface area contributed by atoms with Crippen LogP contribution in [0.2, 0.25) is 0 Å². The molecule has 0 saturated heterocycles. The number of rotatable bonds is 10. The summed E-state index contributed by atoms with van der Waals surface area (Å²) in [6, 6.07) is 8.52. The molecule has 0 aliphatic heterocycles. The van der Waals surface area contributed by atoms with E-state index in [4.69, 9.17) is 14.2 Å². The normalized spacial score (nSPS) is 23.0. The molecule has 0 radical (unpaired) electrons. The third-order valence-electron chi connectivity index (χ3n) is 6.38. The lowest BCUT2D eigenvalue weighted by Crippen LogP contribution is -2.38. The highest BCUT2D eigenvalue weighted by Crippen LogP contribution is 2.40. The zero-order valence-corrected chi connectivity index (χ0v) is 18.3. The molecule has 1 saturated carbocycles. The van der Waals surface area contributed by atoms with Gasteiger partial charge < -0.3 is 14.2 Å². The monoisotopic (exact) mass is 376 g/mol. The number of ether oxygens (including phenoxy) is 3. The van der Waals surface area contributed by atoms with Crippen LogP contribution >= 0.6 is 0 Å². The fourth-order valence-electron chi connectivity index (χ4n) is 4.27.